The van der Waals surface area contributed by atoms with Crippen LogP contribution in [0.15, 0.2) is 40.3 Å². The molecule has 0 spiro atoms. The Hall–Kier alpha value is -2.96. The van der Waals surface area contributed by atoms with Gasteiger partial charge in [-0.1, -0.05) is 0 Å². The van der Waals surface area contributed by atoms with Crippen LogP contribution in [0.2, 0.25) is 0 Å². The first-order valence-electron chi connectivity index (χ1n) is 9.41. The highest BCUT2D eigenvalue weighted by molar-refractivity contribution is 5.74. The molecule has 3 heterocycles. The van der Waals surface area contributed by atoms with Gasteiger partial charge in [0, 0.05) is 17.5 Å². The summed E-state index contributed by atoms with van der Waals surface area (Å²) in [5.74, 6) is -5.46. The third kappa shape index (κ3) is 3.74. The quantitative estimate of drug-likeness (QED) is 0.655. The van der Waals surface area contributed by atoms with E-state index in [4.69, 9.17) is 19.9 Å². The van der Waals surface area contributed by atoms with Crippen molar-refractivity contribution in [1.82, 2.24) is 0 Å². The minimum atomic E-state index is -4.35. The van der Waals surface area contributed by atoms with Gasteiger partial charge < -0.3 is 24.8 Å². The molecule has 0 bridgehead atoms. The predicted molar refractivity (Wildman–Crippen MR) is 101 cm³/mol. The Kier molecular flexibility index (Phi) is 5.47. The fourth-order valence-electron chi connectivity index (χ4n) is 3.63. The van der Waals surface area contributed by atoms with Crippen molar-refractivity contribution in [3.63, 3.8) is 0 Å². The molecule has 1 saturated heterocycles. The Labute approximate surface area is 178 Å². The zero-order chi connectivity index (χ0) is 23.1. The lowest BCUT2D eigenvalue weighted by Gasteiger charge is -2.39. The number of benzene rings is 1. The number of nitrogens with zero attached hydrogens (tertiary/aromatic N) is 3. The van der Waals surface area contributed by atoms with Gasteiger partial charge in [0.25, 0.3) is 6.02 Å². The smallest absolute Gasteiger partial charge is 0.340 e. The van der Waals surface area contributed by atoms with E-state index in [0.717, 1.165) is 6.07 Å². The molecule has 174 valence electrons. The second-order valence-corrected chi connectivity index (χ2v) is 7.50. The molecule has 0 amide bonds. The van der Waals surface area contributed by atoms with E-state index >= 15 is 4.39 Å². The van der Waals surface area contributed by atoms with Crippen LogP contribution in [0, 0.1) is 5.82 Å². The zero-order valence-electron chi connectivity index (χ0n) is 16.4. The predicted octanol–water partition coefficient (Wildman–Crippen LogP) is 2.71. The Balaban J connectivity index is 1.64. The van der Waals surface area contributed by atoms with Crippen LogP contribution in [0.25, 0.3) is 0 Å². The molecule has 1 aromatic rings. The Bertz CT molecular complexity index is 988. The number of alkyl halides is 5. The third-order valence-corrected chi connectivity index (χ3v) is 5.35. The molecule has 4 rings (SSSR count). The average molecular weight is 464 g/mol. The van der Waals surface area contributed by atoms with E-state index in [0.29, 0.717) is 5.69 Å². The lowest BCUT2D eigenvalue weighted by Crippen LogP contribution is -2.55. The highest BCUT2D eigenvalue weighted by Crippen LogP contribution is 2.48. The molecule has 0 aliphatic carbocycles. The number of nitrogens with two attached hydrogens (primary N) is 1. The van der Waals surface area contributed by atoms with Crippen LogP contribution in [0.3, 0.4) is 0 Å². The van der Waals surface area contributed by atoms with Crippen molar-refractivity contribution in [2.24, 2.45) is 15.7 Å². The Morgan fingerprint density at radius 1 is 1.25 bits per heavy atom. The molecule has 0 unspecified atom stereocenters. The maximum atomic E-state index is 15.6. The van der Waals surface area contributed by atoms with Crippen LogP contribution in [0.5, 0.6) is 0 Å². The molecule has 0 saturated carbocycles. The number of fused-ring (bicyclic) bond motifs is 1. The van der Waals surface area contributed by atoms with E-state index in [9.17, 15) is 22.0 Å². The van der Waals surface area contributed by atoms with Crippen molar-refractivity contribution in [2.75, 3.05) is 37.9 Å². The summed E-state index contributed by atoms with van der Waals surface area (Å²) < 4.78 is 96.3. The van der Waals surface area contributed by atoms with Gasteiger partial charge in [-0.15, -0.1) is 0 Å². The highest BCUT2D eigenvalue weighted by atomic mass is 19.3. The first-order valence-corrected chi connectivity index (χ1v) is 9.41. The van der Waals surface area contributed by atoms with E-state index in [-0.39, 0.29) is 37.2 Å². The van der Waals surface area contributed by atoms with Gasteiger partial charge >= 0.3 is 12.3 Å². The van der Waals surface area contributed by atoms with E-state index in [2.05, 4.69) is 9.98 Å². The second-order valence-electron chi connectivity index (χ2n) is 7.50. The SMILES string of the molecule is NC1=N[C@@]2(c3cc(N4C=C(OCC(F)(F)C(F)F)N=CC4)ccc3F)COC[C@@]2(F)CO1. The van der Waals surface area contributed by atoms with Crippen LogP contribution in [0.4, 0.5) is 32.0 Å². The summed E-state index contributed by atoms with van der Waals surface area (Å²) in [6.45, 7) is -2.57. The van der Waals surface area contributed by atoms with Crippen molar-refractivity contribution in [1.29, 1.82) is 0 Å². The van der Waals surface area contributed by atoms with Gasteiger partial charge in [-0.25, -0.2) is 27.5 Å². The summed E-state index contributed by atoms with van der Waals surface area (Å²) >= 11 is 0. The second kappa shape index (κ2) is 7.87. The van der Waals surface area contributed by atoms with Crippen LogP contribution in [-0.2, 0) is 19.7 Å². The van der Waals surface area contributed by atoms with Crippen LogP contribution in [0.1, 0.15) is 5.56 Å². The number of halogens is 6. The topological polar surface area (TPSA) is 81.7 Å². The molecule has 3 aliphatic rings. The fraction of sp³-hybridized carbons (Fsp3) is 0.474. The summed E-state index contributed by atoms with van der Waals surface area (Å²) in [6, 6.07) is 3.46. The van der Waals surface area contributed by atoms with E-state index in [1.807, 2.05) is 0 Å². The summed E-state index contributed by atoms with van der Waals surface area (Å²) in [5.41, 5.74) is 1.87. The maximum absolute atomic E-state index is 15.6. The number of rotatable bonds is 6. The lowest BCUT2D eigenvalue weighted by molar-refractivity contribution is -0.158. The van der Waals surface area contributed by atoms with E-state index < -0.39 is 42.6 Å². The van der Waals surface area contributed by atoms with Gasteiger partial charge in [0.05, 0.1) is 26.0 Å². The van der Waals surface area contributed by atoms with Crippen LogP contribution < -0.4 is 10.6 Å². The summed E-state index contributed by atoms with van der Waals surface area (Å²) in [6.07, 6.45) is -1.42. The first kappa shape index (κ1) is 22.2. The largest absolute Gasteiger partial charge is 0.470 e. The number of ether oxygens (including phenoxy) is 3. The number of hydrogen-bond donors (Lipinski definition) is 1. The maximum Gasteiger partial charge on any atom is 0.340 e. The third-order valence-electron chi connectivity index (χ3n) is 5.35. The Morgan fingerprint density at radius 2 is 2.03 bits per heavy atom. The van der Waals surface area contributed by atoms with Gasteiger partial charge in [0.2, 0.25) is 5.88 Å². The highest BCUT2D eigenvalue weighted by Gasteiger charge is 2.62. The molecule has 0 aromatic heterocycles. The van der Waals surface area contributed by atoms with Gasteiger partial charge in [-0.2, -0.15) is 8.78 Å². The van der Waals surface area contributed by atoms with Crippen molar-refractivity contribution in [3.05, 3.63) is 41.7 Å². The standard InChI is InChI=1S/C19H18F6N4O3/c20-13-2-1-11(29-4-3-27-14(6-29)31-10-19(24,25)15(21)22)5-12(13)18-9-30-7-17(18,23)8-32-16(26)28-18/h1-3,5-6,15H,4,7-10H2,(H2,26,28)/t17-,18-/m1/s1. The molecular formula is C19H18F6N4O3. The molecule has 1 aromatic carbocycles. The van der Waals surface area contributed by atoms with Crippen molar-refractivity contribution < 1.29 is 40.6 Å². The number of aliphatic imine (C=N–C) groups is 2. The van der Waals surface area contributed by atoms with Gasteiger partial charge in [0.1, 0.15) is 12.4 Å². The fourth-order valence-corrected chi connectivity index (χ4v) is 3.63. The summed E-state index contributed by atoms with van der Waals surface area (Å²) in [4.78, 5) is 9.24. The lowest BCUT2D eigenvalue weighted by atomic mass is 9.78. The number of hydrogen-bond acceptors (Lipinski definition) is 7. The van der Waals surface area contributed by atoms with Crippen LogP contribution >= 0.6 is 0 Å². The minimum Gasteiger partial charge on any atom is -0.470 e. The normalized spacial score (nSPS) is 27.7. The molecule has 2 atom stereocenters. The van der Waals surface area contributed by atoms with Gasteiger partial charge in [-0.3, -0.25) is 0 Å². The zero-order valence-corrected chi connectivity index (χ0v) is 16.4. The first-order chi connectivity index (χ1) is 15.1. The molecule has 13 heteroatoms. The van der Waals surface area contributed by atoms with Crippen molar-refractivity contribution >= 4 is 17.9 Å². The molecule has 3 aliphatic heterocycles. The molecular weight excluding hydrogens is 446 g/mol. The van der Waals surface area contributed by atoms with Crippen molar-refractivity contribution in [2.45, 2.75) is 23.6 Å². The summed E-state index contributed by atoms with van der Waals surface area (Å²) in [5, 5.41) is 0. The number of anilines is 1. The monoisotopic (exact) mass is 464 g/mol. The van der Waals surface area contributed by atoms with Crippen molar-refractivity contribution in [3.8, 4) is 0 Å². The molecule has 2 N–H and O–H groups in total. The van der Waals surface area contributed by atoms with Gasteiger partial charge in [-0.05, 0) is 18.2 Å². The van der Waals surface area contributed by atoms with Crippen LogP contribution in [-0.4, -0.2) is 63.2 Å². The Morgan fingerprint density at radius 3 is 2.78 bits per heavy atom. The van der Waals surface area contributed by atoms with E-state index in [1.54, 1.807) is 0 Å². The molecule has 32 heavy (non-hydrogen) atoms. The van der Waals surface area contributed by atoms with Gasteiger partial charge in [0.15, 0.2) is 17.8 Å². The molecule has 0 radical (unpaired) electrons. The minimum absolute atomic E-state index is 0.127. The molecule has 1 fully saturated rings. The summed E-state index contributed by atoms with van der Waals surface area (Å²) in [7, 11) is 0. The van der Waals surface area contributed by atoms with E-state index in [1.165, 1.54) is 29.4 Å². The molecule has 7 nitrogen and oxygen atoms in total. The average Bonchev–Trinajstić information content (AvgIpc) is 3.10. The number of amidine groups is 1.